The third-order valence-electron chi connectivity index (χ3n) is 2.28. The van der Waals surface area contributed by atoms with Crippen molar-refractivity contribution in [3.63, 3.8) is 0 Å². The van der Waals surface area contributed by atoms with Gasteiger partial charge in [-0.05, 0) is 65.1 Å². The molecule has 0 aliphatic rings. The summed E-state index contributed by atoms with van der Waals surface area (Å²) in [5, 5.41) is 5.34. The van der Waals surface area contributed by atoms with Gasteiger partial charge in [-0.3, -0.25) is 10.1 Å². The lowest BCUT2D eigenvalue weighted by Gasteiger charge is -2.08. The minimum absolute atomic E-state index is 0.105. The van der Waals surface area contributed by atoms with Gasteiger partial charge in [0.25, 0.3) is 5.91 Å². The summed E-state index contributed by atoms with van der Waals surface area (Å²) < 4.78 is 14.0. The van der Waals surface area contributed by atoms with Crippen molar-refractivity contribution in [2.75, 3.05) is 5.32 Å². The van der Waals surface area contributed by atoms with Crippen molar-refractivity contribution in [1.82, 2.24) is 10.3 Å². The van der Waals surface area contributed by atoms with E-state index >= 15 is 0 Å². The standard InChI is InChI=1S/C13H9FIN3OS/c14-9-3-1-2-8(6-9)12(19)18-13(20)17-11-5-4-10(15)7-16-11/h1-7H,(H2,16,17,18,19,20). The maximum Gasteiger partial charge on any atom is 0.257 e. The highest BCUT2D eigenvalue weighted by Crippen LogP contribution is 2.07. The summed E-state index contributed by atoms with van der Waals surface area (Å²) in [5.74, 6) is -0.432. The number of carbonyl (C=O) groups is 1. The maximum absolute atomic E-state index is 13.0. The van der Waals surface area contributed by atoms with E-state index in [9.17, 15) is 9.18 Å². The summed E-state index contributed by atoms with van der Waals surface area (Å²) in [7, 11) is 0. The SMILES string of the molecule is O=C(NC(=S)Nc1ccc(I)cn1)c1cccc(F)c1. The molecule has 20 heavy (non-hydrogen) atoms. The fourth-order valence-corrected chi connectivity index (χ4v) is 1.92. The monoisotopic (exact) mass is 401 g/mol. The van der Waals surface area contributed by atoms with E-state index in [1.54, 1.807) is 12.3 Å². The van der Waals surface area contributed by atoms with Crippen LogP contribution in [0, 0.1) is 9.39 Å². The lowest BCUT2D eigenvalue weighted by molar-refractivity contribution is 0.0977. The lowest BCUT2D eigenvalue weighted by Crippen LogP contribution is -2.34. The molecule has 0 saturated heterocycles. The minimum Gasteiger partial charge on any atom is -0.317 e. The Hall–Kier alpha value is -1.61. The molecule has 1 heterocycles. The van der Waals surface area contributed by atoms with Gasteiger partial charge in [-0.1, -0.05) is 6.07 Å². The van der Waals surface area contributed by atoms with Gasteiger partial charge in [0, 0.05) is 15.3 Å². The van der Waals surface area contributed by atoms with Crippen molar-refractivity contribution in [2.45, 2.75) is 0 Å². The molecule has 0 aliphatic carbocycles. The molecule has 0 spiro atoms. The van der Waals surface area contributed by atoms with Crippen molar-refractivity contribution in [1.29, 1.82) is 0 Å². The van der Waals surface area contributed by atoms with Crippen molar-refractivity contribution in [3.05, 3.63) is 57.5 Å². The van der Waals surface area contributed by atoms with Gasteiger partial charge in [-0.25, -0.2) is 9.37 Å². The molecule has 0 aliphatic heterocycles. The first-order valence-electron chi connectivity index (χ1n) is 5.54. The second kappa shape index (κ2) is 6.71. The first-order valence-corrected chi connectivity index (χ1v) is 7.03. The van der Waals surface area contributed by atoms with Gasteiger partial charge >= 0.3 is 0 Å². The van der Waals surface area contributed by atoms with Crippen molar-refractivity contribution < 1.29 is 9.18 Å². The number of anilines is 1. The smallest absolute Gasteiger partial charge is 0.257 e. The number of carbonyl (C=O) groups excluding carboxylic acids is 1. The molecule has 1 amide bonds. The number of hydrogen-bond donors (Lipinski definition) is 2. The summed E-state index contributed by atoms with van der Waals surface area (Å²) in [6.07, 6.45) is 1.67. The van der Waals surface area contributed by atoms with Crippen LogP contribution in [-0.2, 0) is 0 Å². The predicted molar refractivity (Wildman–Crippen MR) is 87.0 cm³/mol. The summed E-state index contributed by atoms with van der Waals surface area (Å²) in [4.78, 5) is 15.9. The Labute approximate surface area is 133 Å². The number of aromatic nitrogens is 1. The molecule has 0 unspecified atom stereocenters. The normalized spacial score (nSPS) is 9.90. The van der Waals surface area contributed by atoms with Gasteiger partial charge in [0.05, 0.1) is 0 Å². The van der Waals surface area contributed by atoms with Crippen molar-refractivity contribution in [2.24, 2.45) is 0 Å². The number of nitrogens with one attached hydrogen (secondary N) is 2. The van der Waals surface area contributed by atoms with E-state index in [1.165, 1.54) is 18.2 Å². The summed E-state index contributed by atoms with van der Waals surface area (Å²) >= 11 is 7.13. The number of rotatable bonds is 2. The van der Waals surface area contributed by atoms with Gasteiger partial charge < -0.3 is 5.32 Å². The molecular weight excluding hydrogens is 392 g/mol. The molecule has 0 radical (unpaired) electrons. The average molecular weight is 401 g/mol. The summed E-state index contributed by atoms with van der Waals surface area (Å²) in [5.41, 5.74) is 0.199. The highest BCUT2D eigenvalue weighted by atomic mass is 127. The number of benzene rings is 1. The second-order valence-corrected chi connectivity index (χ2v) is 5.43. The van der Waals surface area contributed by atoms with Crippen LogP contribution in [0.3, 0.4) is 0 Å². The number of amides is 1. The first-order chi connectivity index (χ1) is 9.54. The largest absolute Gasteiger partial charge is 0.317 e. The summed E-state index contributed by atoms with van der Waals surface area (Å²) in [6.45, 7) is 0. The van der Waals surface area contributed by atoms with Crippen LogP contribution in [0.2, 0.25) is 0 Å². The van der Waals surface area contributed by atoms with Crippen molar-refractivity contribution >= 4 is 51.6 Å². The Bertz CT molecular complexity index is 648. The average Bonchev–Trinajstić information content (AvgIpc) is 2.41. The topological polar surface area (TPSA) is 54.0 Å². The van der Waals surface area contributed by atoms with Crippen LogP contribution in [0.1, 0.15) is 10.4 Å². The molecule has 102 valence electrons. The molecule has 2 rings (SSSR count). The Morgan fingerprint density at radius 2 is 2.10 bits per heavy atom. The molecule has 0 bridgehead atoms. The van der Waals surface area contributed by atoms with Crippen LogP contribution in [0.15, 0.2) is 42.6 Å². The van der Waals surface area contributed by atoms with Crippen LogP contribution in [0.5, 0.6) is 0 Å². The number of nitrogens with zero attached hydrogens (tertiary/aromatic N) is 1. The van der Waals surface area contributed by atoms with Crippen LogP contribution < -0.4 is 10.6 Å². The van der Waals surface area contributed by atoms with Crippen LogP contribution in [0.4, 0.5) is 10.2 Å². The molecule has 0 atom stereocenters. The number of thiocarbonyl (C=S) groups is 1. The fraction of sp³-hybridized carbons (Fsp3) is 0. The van der Waals surface area contributed by atoms with Gasteiger partial charge in [-0.15, -0.1) is 0 Å². The van der Waals surface area contributed by atoms with Crippen LogP contribution >= 0.6 is 34.8 Å². The van der Waals surface area contributed by atoms with Gasteiger partial charge in [0.15, 0.2) is 5.11 Å². The quantitative estimate of drug-likeness (QED) is 0.601. The Balaban J connectivity index is 1.97. The number of hydrogen-bond acceptors (Lipinski definition) is 3. The molecule has 2 N–H and O–H groups in total. The third-order valence-corrected chi connectivity index (χ3v) is 3.13. The van der Waals surface area contributed by atoms with E-state index in [-0.39, 0.29) is 10.7 Å². The molecule has 7 heteroatoms. The Morgan fingerprint density at radius 3 is 2.75 bits per heavy atom. The molecule has 1 aromatic carbocycles. The fourth-order valence-electron chi connectivity index (χ4n) is 1.40. The summed E-state index contributed by atoms with van der Waals surface area (Å²) in [6, 6.07) is 8.96. The van der Waals surface area contributed by atoms with E-state index in [0.29, 0.717) is 5.82 Å². The van der Waals surface area contributed by atoms with E-state index in [1.807, 2.05) is 6.07 Å². The highest BCUT2D eigenvalue weighted by molar-refractivity contribution is 14.1. The zero-order chi connectivity index (χ0) is 14.5. The zero-order valence-electron chi connectivity index (χ0n) is 10.1. The molecular formula is C13H9FIN3OS. The maximum atomic E-state index is 13.0. The Kier molecular flexibility index (Phi) is 4.96. The molecule has 2 aromatic rings. The van der Waals surface area contributed by atoms with Crippen LogP contribution in [0.25, 0.3) is 0 Å². The molecule has 0 fully saturated rings. The lowest BCUT2D eigenvalue weighted by atomic mass is 10.2. The van der Waals surface area contributed by atoms with Gasteiger partial charge in [-0.2, -0.15) is 0 Å². The predicted octanol–water partition coefficient (Wildman–Crippen LogP) is 2.95. The number of halogens is 2. The molecule has 0 saturated carbocycles. The number of pyridine rings is 1. The van der Waals surface area contributed by atoms with E-state index in [4.69, 9.17) is 12.2 Å². The van der Waals surface area contributed by atoms with Crippen LogP contribution in [-0.4, -0.2) is 16.0 Å². The third kappa shape index (κ3) is 4.20. The van der Waals surface area contributed by atoms with E-state index in [0.717, 1.165) is 9.64 Å². The highest BCUT2D eigenvalue weighted by Gasteiger charge is 2.08. The minimum atomic E-state index is -0.479. The molecule has 4 nitrogen and oxygen atoms in total. The van der Waals surface area contributed by atoms with Crippen molar-refractivity contribution in [3.8, 4) is 0 Å². The van der Waals surface area contributed by atoms with E-state index < -0.39 is 11.7 Å². The first kappa shape index (κ1) is 14.8. The van der Waals surface area contributed by atoms with Gasteiger partial charge in [0.1, 0.15) is 11.6 Å². The second-order valence-electron chi connectivity index (χ2n) is 3.78. The zero-order valence-corrected chi connectivity index (χ0v) is 13.0. The Morgan fingerprint density at radius 1 is 1.30 bits per heavy atom. The van der Waals surface area contributed by atoms with E-state index in [2.05, 4.69) is 38.2 Å². The molecule has 1 aromatic heterocycles. The van der Waals surface area contributed by atoms with Gasteiger partial charge in [0.2, 0.25) is 0 Å².